The van der Waals surface area contributed by atoms with Crippen LogP contribution in [0.2, 0.25) is 0 Å². The SMILES string of the molecule is N#C/C(=N/O)C(N)=S. The van der Waals surface area contributed by atoms with Gasteiger partial charge in [0.25, 0.3) is 0 Å². The monoisotopic (exact) mass is 129 g/mol. The molecule has 0 heterocycles. The predicted octanol–water partition coefficient (Wildman–Crippen LogP) is -0.374. The number of rotatable bonds is 1. The Kier molecular flexibility index (Phi) is 2.51. The van der Waals surface area contributed by atoms with E-state index in [0.717, 1.165) is 0 Å². The summed E-state index contributed by atoms with van der Waals surface area (Å²) in [5, 5.41) is 18.4. The molecule has 0 aliphatic rings. The van der Waals surface area contributed by atoms with Crippen LogP contribution in [0.25, 0.3) is 0 Å². The van der Waals surface area contributed by atoms with Crippen molar-refractivity contribution in [3.05, 3.63) is 0 Å². The number of oxime groups is 1. The van der Waals surface area contributed by atoms with Crippen molar-refractivity contribution in [1.29, 1.82) is 5.26 Å². The van der Waals surface area contributed by atoms with Gasteiger partial charge < -0.3 is 10.9 Å². The molecule has 0 bridgehead atoms. The highest BCUT2D eigenvalue weighted by Gasteiger charge is 1.97. The molecule has 4 nitrogen and oxygen atoms in total. The van der Waals surface area contributed by atoms with Crippen LogP contribution in [0, 0.1) is 11.3 Å². The summed E-state index contributed by atoms with van der Waals surface area (Å²) < 4.78 is 0. The second-order valence-corrected chi connectivity index (χ2v) is 1.36. The Balaban J connectivity index is 4.20. The Morgan fingerprint density at radius 2 is 2.38 bits per heavy atom. The Hall–Kier alpha value is -1.15. The molecule has 0 aliphatic heterocycles. The maximum atomic E-state index is 7.99. The second kappa shape index (κ2) is 2.93. The van der Waals surface area contributed by atoms with Gasteiger partial charge in [-0.25, -0.2) is 0 Å². The van der Waals surface area contributed by atoms with Crippen molar-refractivity contribution in [3.8, 4) is 6.07 Å². The molecule has 0 rings (SSSR count). The van der Waals surface area contributed by atoms with Crippen LogP contribution in [-0.2, 0) is 0 Å². The predicted molar refractivity (Wildman–Crippen MR) is 31.6 cm³/mol. The third kappa shape index (κ3) is 1.53. The summed E-state index contributed by atoms with van der Waals surface area (Å²) in [4.78, 5) is -0.199. The molecule has 0 aliphatic carbocycles. The standard InChI is InChI=1S/C3H3N3OS/c4-1-2(6-7)3(5)8/h7H,(H2,5,8)/b6-2-. The molecule has 3 N–H and O–H groups in total. The number of hydrogen-bond acceptors (Lipinski definition) is 4. The van der Waals surface area contributed by atoms with Gasteiger partial charge in [0.15, 0.2) is 0 Å². The first kappa shape index (κ1) is 6.85. The van der Waals surface area contributed by atoms with Gasteiger partial charge >= 0.3 is 0 Å². The van der Waals surface area contributed by atoms with Crippen molar-refractivity contribution in [2.45, 2.75) is 0 Å². The summed E-state index contributed by atoms with van der Waals surface area (Å²) in [6, 6.07) is 1.48. The molecule has 0 aromatic carbocycles. The molecule has 0 aromatic heterocycles. The van der Waals surface area contributed by atoms with E-state index in [1.54, 1.807) is 0 Å². The van der Waals surface area contributed by atoms with Gasteiger partial charge in [0.2, 0.25) is 5.71 Å². The number of nitrogens with zero attached hydrogens (tertiary/aromatic N) is 2. The third-order valence-corrected chi connectivity index (χ3v) is 0.633. The number of nitriles is 1. The van der Waals surface area contributed by atoms with E-state index in [4.69, 9.17) is 16.2 Å². The van der Waals surface area contributed by atoms with Crippen molar-refractivity contribution < 1.29 is 5.21 Å². The number of nitrogens with two attached hydrogens (primary N) is 1. The molecule has 0 saturated carbocycles. The summed E-state index contributed by atoms with van der Waals surface area (Å²) in [6.45, 7) is 0. The molecule has 0 saturated heterocycles. The van der Waals surface area contributed by atoms with E-state index in [0.29, 0.717) is 0 Å². The van der Waals surface area contributed by atoms with E-state index >= 15 is 0 Å². The zero-order valence-electron chi connectivity index (χ0n) is 3.83. The summed E-state index contributed by atoms with van der Waals surface area (Å²) in [5.41, 5.74) is 4.56. The molecular formula is C3H3N3OS. The second-order valence-electron chi connectivity index (χ2n) is 0.925. The minimum atomic E-state index is -0.319. The van der Waals surface area contributed by atoms with Gasteiger partial charge in [-0.05, 0) is 0 Å². The minimum Gasteiger partial charge on any atom is -0.410 e. The van der Waals surface area contributed by atoms with E-state index in [1.165, 1.54) is 6.07 Å². The number of hydrogen-bond donors (Lipinski definition) is 2. The van der Waals surface area contributed by atoms with E-state index in [9.17, 15) is 0 Å². The molecule has 0 amide bonds. The summed E-state index contributed by atoms with van der Waals surface area (Å²) in [7, 11) is 0. The molecule has 8 heavy (non-hydrogen) atoms. The average Bonchev–Trinajstić information content (AvgIpc) is 1.69. The zero-order valence-corrected chi connectivity index (χ0v) is 4.64. The van der Waals surface area contributed by atoms with Gasteiger partial charge in [0, 0.05) is 0 Å². The van der Waals surface area contributed by atoms with Crippen molar-refractivity contribution in [2.24, 2.45) is 10.9 Å². The first-order chi connectivity index (χ1) is 3.72. The molecule has 0 atom stereocenters. The molecule has 42 valence electrons. The Labute approximate surface area is 51.2 Å². The Morgan fingerprint density at radius 1 is 1.88 bits per heavy atom. The van der Waals surface area contributed by atoms with E-state index in [1.807, 2.05) is 0 Å². The van der Waals surface area contributed by atoms with Crippen molar-refractivity contribution in [3.63, 3.8) is 0 Å². The normalized spacial score (nSPS) is 10.1. The lowest BCUT2D eigenvalue weighted by Crippen LogP contribution is -2.18. The molecule has 0 fully saturated rings. The van der Waals surface area contributed by atoms with Crippen LogP contribution in [0.1, 0.15) is 0 Å². The Morgan fingerprint density at radius 3 is 2.38 bits per heavy atom. The quantitative estimate of drug-likeness (QED) is 0.219. The highest BCUT2D eigenvalue weighted by Crippen LogP contribution is 1.72. The van der Waals surface area contributed by atoms with Gasteiger partial charge in [-0.3, -0.25) is 0 Å². The van der Waals surface area contributed by atoms with Crippen molar-refractivity contribution >= 4 is 22.9 Å². The van der Waals surface area contributed by atoms with E-state index in [2.05, 4.69) is 17.4 Å². The third-order valence-electron chi connectivity index (χ3n) is 0.439. The van der Waals surface area contributed by atoms with Crippen LogP contribution in [0.15, 0.2) is 5.16 Å². The fraction of sp³-hybridized carbons (Fsp3) is 0. The molecule has 0 spiro atoms. The van der Waals surface area contributed by atoms with Crippen LogP contribution in [0.4, 0.5) is 0 Å². The molecule has 5 heteroatoms. The topological polar surface area (TPSA) is 82.4 Å². The summed E-state index contributed by atoms with van der Waals surface area (Å²) in [6.07, 6.45) is 0. The van der Waals surface area contributed by atoms with Crippen molar-refractivity contribution in [2.75, 3.05) is 0 Å². The van der Waals surface area contributed by atoms with Crippen LogP contribution >= 0.6 is 12.2 Å². The van der Waals surface area contributed by atoms with Crippen LogP contribution in [0.5, 0.6) is 0 Å². The fourth-order valence-electron chi connectivity index (χ4n) is 0.127. The minimum absolute atomic E-state index is 0.199. The van der Waals surface area contributed by atoms with Gasteiger partial charge in [-0.2, -0.15) is 5.26 Å². The van der Waals surface area contributed by atoms with Gasteiger partial charge in [-0.15, -0.1) is 0 Å². The Bertz CT molecular complexity index is 168. The molecule has 0 radical (unpaired) electrons. The first-order valence-electron chi connectivity index (χ1n) is 1.64. The first-order valence-corrected chi connectivity index (χ1v) is 2.05. The molecule has 0 aromatic rings. The lowest BCUT2D eigenvalue weighted by molar-refractivity contribution is 0.321. The van der Waals surface area contributed by atoms with E-state index in [-0.39, 0.29) is 10.7 Å². The zero-order chi connectivity index (χ0) is 6.57. The maximum Gasteiger partial charge on any atom is 0.213 e. The smallest absolute Gasteiger partial charge is 0.213 e. The highest BCUT2D eigenvalue weighted by molar-refractivity contribution is 7.82. The average molecular weight is 129 g/mol. The van der Waals surface area contributed by atoms with Gasteiger partial charge in [0.1, 0.15) is 11.1 Å². The van der Waals surface area contributed by atoms with Crippen LogP contribution < -0.4 is 5.73 Å². The lowest BCUT2D eigenvalue weighted by Gasteiger charge is -1.83. The van der Waals surface area contributed by atoms with Crippen molar-refractivity contribution in [1.82, 2.24) is 0 Å². The largest absolute Gasteiger partial charge is 0.410 e. The summed E-state index contributed by atoms with van der Waals surface area (Å²) in [5.74, 6) is 0. The highest BCUT2D eigenvalue weighted by atomic mass is 32.1. The fourth-order valence-corrected chi connectivity index (χ4v) is 0.213. The lowest BCUT2D eigenvalue weighted by atomic mass is 10.4. The van der Waals surface area contributed by atoms with Crippen LogP contribution in [0.3, 0.4) is 0 Å². The summed E-state index contributed by atoms with van der Waals surface area (Å²) >= 11 is 4.28. The maximum absolute atomic E-state index is 7.99. The molecular weight excluding hydrogens is 126 g/mol. The number of thiocarbonyl (C=S) groups is 1. The van der Waals surface area contributed by atoms with Gasteiger partial charge in [0.05, 0.1) is 0 Å². The van der Waals surface area contributed by atoms with Gasteiger partial charge in [-0.1, -0.05) is 17.4 Å². The molecule has 0 unspecified atom stereocenters. The van der Waals surface area contributed by atoms with Crippen LogP contribution in [-0.4, -0.2) is 15.9 Å². The van der Waals surface area contributed by atoms with E-state index < -0.39 is 0 Å².